The van der Waals surface area contributed by atoms with Crippen molar-refractivity contribution in [1.29, 1.82) is 0 Å². The lowest BCUT2D eigenvalue weighted by molar-refractivity contribution is -0.140. The highest BCUT2D eigenvalue weighted by Crippen LogP contribution is 2.32. The Kier molecular flexibility index (Phi) is 7.89. The summed E-state index contributed by atoms with van der Waals surface area (Å²) in [4.78, 5) is 18.3. The van der Waals surface area contributed by atoms with E-state index in [9.17, 15) is 18.0 Å². The van der Waals surface area contributed by atoms with Gasteiger partial charge in [-0.05, 0) is 66.9 Å². The van der Waals surface area contributed by atoms with E-state index in [1.165, 1.54) is 0 Å². The van der Waals surface area contributed by atoms with E-state index < -0.39 is 17.5 Å². The highest BCUT2D eigenvalue weighted by Gasteiger charge is 2.37. The molecule has 0 aliphatic carbocycles. The molecule has 0 bridgehead atoms. The Hall–Kier alpha value is -2.55. The van der Waals surface area contributed by atoms with Crippen LogP contribution in [0.15, 0.2) is 30.5 Å². The third-order valence-corrected chi connectivity index (χ3v) is 6.19. The van der Waals surface area contributed by atoms with Gasteiger partial charge in [0, 0.05) is 42.5 Å². The Bertz CT molecular complexity index is 997. The number of aromatic nitrogens is 2. The van der Waals surface area contributed by atoms with Gasteiger partial charge in [-0.25, -0.2) is 9.78 Å². The highest BCUT2D eigenvalue weighted by molar-refractivity contribution is 5.69. The summed E-state index contributed by atoms with van der Waals surface area (Å²) < 4.78 is 46.7. The number of piperidine rings is 1. The second kappa shape index (κ2) is 10.2. The van der Waals surface area contributed by atoms with Crippen LogP contribution in [0.25, 0.3) is 11.4 Å². The predicted octanol–water partition coefficient (Wildman–Crippen LogP) is 6.42. The number of benzene rings is 1. The molecule has 1 saturated heterocycles. The first-order valence-electron chi connectivity index (χ1n) is 12.2. The molecule has 1 N–H and O–H groups in total. The Morgan fingerprint density at radius 3 is 2.17 bits per heavy atom. The number of carbonyl (C=O) groups is 1. The molecule has 1 aromatic heterocycles. The molecule has 1 aromatic carbocycles. The van der Waals surface area contributed by atoms with Gasteiger partial charge in [0.25, 0.3) is 0 Å². The van der Waals surface area contributed by atoms with E-state index >= 15 is 0 Å². The number of nitrogens with one attached hydrogen (secondary N) is 1. The summed E-state index contributed by atoms with van der Waals surface area (Å²) >= 11 is 0. The number of nitrogens with zero attached hydrogens (tertiary/aromatic N) is 3. The molecule has 194 valence electrons. The van der Waals surface area contributed by atoms with E-state index in [0.29, 0.717) is 17.9 Å². The highest BCUT2D eigenvalue weighted by atomic mass is 19.4. The van der Waals surface area contributed by atoms with Gasteiger partial charge >= 0.3 is 12.3 Å². The van der Waals surface area contributed by atoms with E-state index in [1.54, 1.807) is 4.57 Å². The molecular formula is C26H37F3N4O2. The SMILES string of the molecule is CC(C)n1cc(C(F)(F)F)nc1-c1ccc(CNC2C[C@H](C)N(C(=O)OC(C)(C)C)[C@@H](C)C2)cc1. The van der Waals surface area contributed by atoms with Crippen molar-refractivity contribution in [3.8, 4) is 11.4 Å². The largest absolute Gasteiger partial charge is 0.444 e. The van der Waals surface area contributed by atoms with Gasteiger partial charge in [0.15, 0.2) is 5.69 Å². The Morgan fingerprint density at radius 2 is 1.69 bits per heavy atom. The van der Waals surface area contributed by atoms with Gasteiger partial charge < -0.3 is 19.5 Å². The van der Waals surface area contributed by atoms with Crippen LogP contribution in [0.4, 0.5) is 18.0 Å². The van der Waals surface area contributed by atoms with Gasteiger partial charge in [-0.2, -0.15) is 13.2 Å². The minimum absolute atomic E-state index is 0.0474. The van der Waals surface area contributed by atoms with E-state index in [0.717, 1.165) is 24.6 Å². The molecule has 9 heteroatoms. The quantitative estimate of drug-likeness (QED) is 0.521. The van der Waals surface area contributed by atoms with Crippen LogP contribution in [0, 0.1) is 0 Å². The third kappa shape index (κ3) is 6.78. The van der Waals surface area contributed by atoms with Crippen LogP contribution in [0.3, 0.4) is 0 Å². The van der Waals surface area contributed by atoms with Crippen molar-refractivity contribution >= 4 is 6.09 Å². The first-order valence-corrected chi connectivity index (χ1v) is 12.2. The summed E-state index contributed by atoms with van der Waals surface area (Å²) in [6.45, 7) is 14.0. The van der Waals surface area contributed by atoms with Crippen molar-refractivity contribution in [1.82, 2.24) is 19.8 Å². The van der Waals surface area contributed by atoms with Crippen molar-refractivity contribution in [2.45, 2.75) is 104 Å². The fraction of sp³-hybridized carbons (Fsp3) is 0.615. The number of ether oxygens (including phenoxy) is 1. The van der Waals surface area contributed by atoms with E-state index in [4.69, 9.17) is 4.74 Å². The van der Waals surface area contributed by atoms with Crippen LogP contribution >= 0.6 is 0 Å². The van der Waals surface area contributed by atoms with Crippen LogP contribution in [0.5, 0.6) is 0 Å². The topological polar surface area (TPSA) is 59.4 Å². The number of amides is 1. The van der Waals surface area contributed by atoms with E-state index in [1.807, 2.05) is 77.6 Å². The number of hydrogen-bond acceptors (Lipinski definition) is 4. The summed E-state index contributed by atoms with van der Waals surface area (Å²) in [7, 11) is 0. The van der Waals surface area contributed by atoms with Gasteiger partial charge in [0.1, 0.15) is 11.4 Å². The number of likely N-dealkylation sites (tertiary alicyclic amines) is 1. The molecule has 2 atom stereocenters. The zero-order chi connectivity index (χ0) is 26.1. The van der Waals surface area contributed by atoms with Gasteiger partial charge in [0.2, 0.25) is 0 Å². The second-order valence-electron chi connectivity index (χ2n) is 10.8. The molecule has 3 rings (SSSR count). The van der Waals surface area contributed by atoms with Crippen molar-refractivity contribution in [3.05, 3.63) is 41.7 Å². The monoisotopic (exact) mass is 494 g/mol. The molecule has 1 amide bonds. The lowest BCUT2D eigenvalue weighted by Crippen LogP contribution is -2.55. The summed E-state index contributed by atoms with van der Waals surface area (Å²) in [5, 5.41) is 3.57. The number of rotatable bonds is 5. The molecule has 0 unspecified atom stereocenters. The zero-order valence-corrected chi connectivity index (χ0v) is 21.6. The molecular weight excluding hydrogens is 457 g/mol. The molecule has 0 radical (unpaired) electrons. The van der Waals surface area contributed by atoms with Crippen LogP contribution in [0.2, 0.25) is 0 Å². The van der Waals surface area contributed by atoms with Crippen LogP contribution in [-0.2, 0) is 17.5 Å². The molecule has 35 heavy (non-hydrogen) atoms. The first-order chi connectivity index (χ1) is 16.2. The van der Waals surface area contributed by atoms with Crippen molar-refractivity contribution in [3.63, 3.8) is 0 Å². The lowest BCUT2D eigenvalue weighted by Gasteiger charge is -2.43. The maximum Gasteiger partial charge on any atom is 0.434 e. The molecule has 2 aromatic rings. The zero-order valence-electron chi connectivity index (χ0n) is 21.6. The molecule has 0 saturated carbocycles. The predicted molar refractivity (Wildman–Crippen MR) is 130 cm³/mol. The van der Waals surface area contributed by atoms with Crippen molar-refractivity contribution in [2.75, 3.05) is 0 Å². The van der Waals surface area contributed by atoms with Crippen LogP contribution in [-0.4, -0.2) is 44.3 Å². The molecule has 2 heterocycles. The maximum absolute atomic E-state index is 13.2. The molecule has 1 fully saturated rings. The second-order valence-corrected chi connectivity index (χ2v) is 10.8. The van der Waals surface area contributed by atoms with Gasteiger partial charge in [-0.1, -0.05) is 24.3 Å². The maximum atomic E-state index is 13.2. The lowest BCUT2D eigenvalue weighted by atomic mass is 9.93. The molecule has 0 spiro atoms. The van der Waals surface area contributed by atoms with Crippen LogP contribution in [0.1, 0.15) is 78.6 Å². The van der Waals surface area contributed by atoms with Crippen LogP contribution < -0.4 is 5.32 Å². The van der Waals surface area contributed by atoms with Gasteiger partial charge in [-0.3, -0.25) is 0 Å². The summed E-state index contributed by atoms with van der Waals surface area (Å²) in [6.07, 6.45) is -2.06. The fourth-order valence-corrected chi connectivity index (χ4v) is 4.59. The van der Waals surface area contributed by atoms with Crippen molar-refractivity contribution < 1.29 is 22.7 Å². The van der Waals surface area contributed by atoms with Crippen molar-refractivity contribution in [2.24, 2.45) is 0 Å². The summed E-state index contributed by atoms with van der Waals surface area (Å²) in [5.74, 6) is 0.309. The minimum Gasteiger partial charge on any atom is -0.444 e. The summed E-state index contributed by atoms with van der Waals surface area (Å²) in [6, 6.07) is 7.65. The fourth-order valence-electron chi connectivity index (χ4n) is 4.59. The van der Waals surface area contributed by atoms with E-state index in [-0.39, 0.29) is 30.3 Å². The number of hydrogen-bond donors (Lipinski definition) is 1. The first kappa shape index (κ1) is 27.0. The summed E-state index contributed by atoms with van der Waals surface area (Å²) in [5.41, 5.74) is 0.263. The van der Waals surface area contributed by atoms with Gasteiger partial charge in [0.05, 0.1) is 0 Å². The number of halogens is 3. The Morgan fingerprint density at radius 1 is 1.11 bits per heavy atom. The molecule has 1 aliphatic heterocycles. The Labute approximate surface area is 205 Å². The normalized spacial score (nSPS) is 21.5. The number of imidazole rings is 1. The number of carbonyl (C=O) groups excluding carboxylic acids is 1. The minimum atomic E-state index is -4.48. The average Bonchev–Trinajstić information content (AvgIpc) is 3.17. The van der Waals surface area contributed by atoms with E-state index in [2.05, 4.69) is 10.3 Å². The standard InChI is InChI=1S/C26H37F3N4O2/c1-16(2)32-15-22(26(27,28)29)31-23(32)20-10-8-19(9-11-20)14-30-21-12-17(3)33(18(4)13-21)24(34)35-25(5,6)7/h8-11,15-18,21,30H,12-14H2,1-7H3/t17-,18-/m0/s1. The number of alkyl halides is 3. The Balaban J connectivity index is 1.63. The third-order valence-electron chi connectivity index (χ3n) is 6.19. The smallest absolute Gasteiger partial charge is 0.434 e. The average molecular weight is 495 g/mol. The molecule has 1 aliphatic rings. The van der Waals surface area contributed by atoms with Gasteiger partial charge in [-0.15, -0.1) is 0 Å². The molecule has 6 nitrogen and oxygen atoms in total.